The number of carbonyl (C=O) groups is 2. The van der Waals surface area contributed by atoms with Gasteiger partial charge in [0.2, 0.25) is 5.91 Å². The van der Waals surface area contributed by atoms with Crippen LogP contribution in [-0.2, 0) is 14.3 Å². The Morgan fingerprint density at radius 3 is 2.54 bits per heavy atom. The van der Waals surface area contributed by atoms with E-state index in [-0.39, 0.29) is 23.8 Å². The van der Waals surface area contributed by atoms with Crippen LogP contribution in [0.25, 0.3) is 0 Å². The average molecular weight is 365 g/mol. The predicted octanol–water partition coefficient (Wildman–Crippen LogP) is 2.27. The normalized spacial score (nSPS) is 24.0. The summed E-state index contributed by atoms with van der Waals surface area (Å²) in [6.45, 7) is 6.46. The van der Waals surface area contributed by atoms with Gasteiger partial charge in [-0.25, -0.2) is 4.79 Å². The Labute approximate surface area is 152 Å². The number of aliphatic hydroxyl groups is 1. The van der Waals surface area contributed by atoms with Gasteiger partial charge in [0, 0.05) is 31.1 Å². The van der Waals surface area contributed by atoms with E-state index in [0.717, 1.165) is 4.68 Å². The van der Waals surface area contributed by atoms with Crippen LogP contribution in [0.2, 0.25) is 0 Å². The largest absolute Gasteiger partial charge is 0.442 e. The molecular formula is C18H27N3O5. The molecule has 1 saturated heterocycles. The molecule has 0 radical (unpaired) electrons. The molecule has 1 amide bonds. The highest BCUT2D eigenvalue weighted by Gasteiger charge is 2.33. The molecule has 1 aliphatic carbocycles. The lowest BCUT2D eigenvalue weighted by molar-refractivity contribution is -0.122. The van der Waals surface area contributed by atoms with Gasteiger partial charge in [-0.1, -0.05) is 0 Å². The molecule has 8 nitrogen and oxygen atoms in total. The molecule has 2 aliphatic rings. The first kappa shape index (κ1) is 18.8. The number of nitrogens with zero attached hydrogens (tertiary/aromatic N) is 2. The van der Waals surface area contributed by atoms with Crippen LogP contribution in [0.1, 0.15) is 58.1 Å². The molecule has 26 heavy (non-hydrogen) atoms. The zero-order valence-corrected chi connectivity index (χ0v) is 15.5. The van der Waals surface area contributed by atoms with Gasteiger partial charge in [0.15, 0.2) is 0 Å². The molecule has 144 valence electrons. The molecule has 8 heteroatoms. The fourth-order valence-corrected chi connectivity index (χ4v) is 3.15. The summed E-state index contributed by atoms with van der Waals surface area (Å²) in [5.41, 5.74) is 0.0149. The SMILES string of the molecule is CC(C)(C)OC(=O)n1nc(C2CC(O)C2)cc1NC(=O)C1CCOCC1. The van der Waals surface area contributed by atoms with Crippen molar-refractivity contribution in [3.63, 3.8) is 0 Å². The smallest absolute Gasteiger partial charge is 0.437 e. The number of ether oxygens (including phenoxy) is 2. The molecule has 2 fully saturated rings. The lowest BCUT2D eigenvalue weighted by Crippen LogP contribution is -2.32. The van der Waals surface area contributed by atoms with Gasteiger partial charge >= 0.3 is 6.09 Å². The molecule has 1 aliphatic heterocycles. The summed E-state index contributed by atoms with van der Waals surface area (Å²) in [4.78, 5) is 25.0. The number of hydrogen-bond acceptors (Lipinski definition) is 6. The zero-order valence-electron chi connectivity index (χ0n) is 15.5. The summed E-state index contributed by atoms with van der Waals surface area (Å²) in [7, 11) is 0. The van der Waals surface area contributed by atoms with Crippen molar-refractivity contribution in [2.24, 2.45) is 5.92 Å². The number of anilines is 1. The van der Waals surface area contributed by atoms with Crippen LogP contribution in [0.3, 0.4) is 0 Å². The molecule has 0 atom stereocenters. The third kappa shape index (κ3) is 4.42. The van der Waals surface area contributed by atoms with Crippen LogP contribution in [-0.4, -0.2) is 51.8 Å². The molecule has 0 bridgehead atoms. The van der Waals surface area contributed by atoms with Crippen LogP contribution in [0, 0.1) is 5.92 Å². The molecule has 0 spiro atoms. The summed E-state index contributed by atoms with van der Waals surface area (Å²) in [5, 5.41) is 16.7. The van der Waals surface area contributed by atoms with Crippen molar-refractivity contribution < 1.29 is 24.2 Å². The molecule has 0 aromatic carbocycles. The zero-order chi connectivity index (χ0) is 18.9. The van der Waals surface area contributed by atoms with Gasteiger partial charge in [-0.3, -0.25) is 4.79 Å². The van der Waals surface area contributed by atoms with Gasteiger partial charge in [-0.05, 0) is 46.5 Å². The van der Waals surface area contributed by atoms with Crippen LogP contribution in [0.5, 0.6) is 0 Å². The highest BCUT2D eigenvalue weighted by Crippen LogP contribution is 2.37. The Bertz CT molecular complexity index is 667. The first-order valence-electron chi connectivity index (χ1n) is 9.13. The first-order valence-corrected chi connectivity index (χ1v) is 9.13. The van der Waals surface area contributed by atoms with E-state index in [1.807, 2.05) is 0 Å². The van der Waals surface area contributed by atoms with E-state index in [2.05, 4.69) is 10.4 Å². The van der Waals surface area contributed by atoms with Crippen molar-refractivity contribution in [2.75, 3.05) is 18.5 Å². The van der Waals surface area contributed by atoms with E-state index in [9.17, 15) is 14.7 Å². The summed E-state index contributed by atoms with van der Waals surface area (Å²) >= 11 is 0. The summed E-state index contributed by atoms with van der Waals surface area (Å²) in [6, 6.07) is 1.71. The van der Waals surface area contributed by atoms with E-state index < -0.39 is 11.7 Å². The van der Waals surface area contributed by atoms with Crippen LogP contribution >= 0.6 is 0 Å². The van der Waals surface area contributed by atoms with Crippen molar-refractivity contribution in [3.8, 4) is 0 Å². The lowest BCUT2D eigenvalue weighted by atomic mass is 9.80. The third-order valence-corrected chi connectivity index (χ3v) is 4.67. The van der Waals surface area contributed by atoms with E-state index in [0.29, 0.717) is 50.4 Å². The highest BCUT2D eigenvalue weighted by molar-refractivity contribution is 5.93. The monoisotopic (exact) mass is 365 g/mol. The minimum Gasteiger partial charge on any atom is -0.442 e. The summed E-state index contributed by atoms with van der Waals surface area (Å²) in [5.74, 6) is 0.123. The standard InChI is InChI=1S/C18H27N3O5/c1-18(2,3)26-17(24)21-15(10-14(20-21)12-8-13(22)9-12)19-16(23)11-4-6-25-7-5-11/h10-13,22H,4-9H2,1-3H3,(H,19,23). The lowest BCUT2D eigenvalue weighted by Gasteiger charge is -2.29. The second-order valence-corrected chi connectivity index (χ2v) is 8.04. The number of carbonyl (C=O) groups excluding carboxylic acids is 2. The van der Waals surface area contributed by atoms with Crippen molar-refractivity contribution >= 4 is 17.8 Å². The highest BCUT2D eigenvalue weighted by atomic mass is 16.6. The van der Waals surface area contributed by atoms with Gasteiger partial charge in [-0.2, -0.15) is 5.10 Å². The average Bonchev–Trinajstić information content (AvgIpc) is 2.94. The predicted molar refractivity (Wildman–Crippen MR) is 94.0 cm³/mol. The Hall–Kier alpha value is -1.93. The van der Waals surface area contributed by atoms with Gasteiger partial charge < -0.3 is 19.9 Å². The second-order valence-electron chi connectivity index (χ2n) is 8.04. The van der Waals surface area contributed by atoms with Crippen LogP contribution in [0.15, 0.2) is 6.07 Å². The minimum absolute atomic E-state index is 0.0902. The molecule has 0 unspecified atom stereocenters. The van der Waals surface area contributed by atoms with E-state index in [1.54, 1.807) is 26.8 Å². The molecule has 1 saturated carbocycles. The Morgan fingerprint density at radius 1 is 1.31 bits per heavy atom. The Balaban J connectivity index is 1.79. The van der Waals surface area contributed by atoms with Gasteiger partial charge in [0.25, 0.3) is 0 Å². The fourth-order valence-electron chi connectivity index (χ4n) is 3.15. The molecule has 1 aromatic heterocycles. The Morgan fingerprint density at radius 2 is 1.96 bits per heavy atom. The molecule has 3 rings (SSSR count). The summed E-state index contributed by atoms with van der Waals surface area (Å²) in [6.07, 6.45) is 1.58. The van der Waals surface area contributed by atoms with E-state index in [4.69, 9.17) is 9.47 Å². The van der Waals surface area contributed by atoms with Gasteiger partial charge in [-0.15, -0.1) is 4.68 Å². The van der Waals surface area contributed by atoms with Crippen molar-refractivity contribution in [3.05, 3.63) is 11.8 Å². The van der Waals surface area contributed by atoms with Crippen LogP contribution < -0.4 is 5.32 Å². The number of aromatic nitrogens is 2. The maximum atomic E-state index is 12.5. The summed E-state index contributed by atoms with van der Waals surface area (Å²) < 4.78 is 11.8. The van der Waals surface area contributed by atoms with E-state index in [1.165, 1.54) is 0 Å². The molecule has 2 heterocycles. The quantitative estimate of drug-likeness (QED) is 0.852. The molecular weight excluding hydrogens is 338 g/mol. The van der Waals surface area contributed by atoms with Crippen molar-refractivity contribution in [1.82, 2.24) is 9.78 Å². The Kier molecular flexibility index (Phi) is 5.34. The second kappa shape index (κ2) is 7.36. The minimum atomic E-state index is -0.669. The number of amides is 1. The molecule has 2 N–H and O–H groups in total. The van der Waals surface area contributed by atoms with E-state index >= 15 is 0 Å². The fraction of sp³-hybridized carbons (Fsp3) is 0.722. The topological polar surface area (TPSA) is 103 Å². The van der Waals surface area contributed by atoms with Gasteiger partial charge in [0.1, 0.15) is 11.4 Å². The third-order valence-electron chi connectivity index (χ3n) is 4.67. The van der Waals surface area contributed by atoms with Crippen molar-refractivity contribution in [1.29, 1.82) is 0 Å². The van der Waals surface area contributed by atoms with Crippen LogP contribution in [0.4, 0.5) is 10.6 Å². The number of nitrogens with one attached hydrogen (secondary N) is 1. The van der Waals surface area contributed by atoms with Gasteiger partial charge in [0.05, 0.1) is 11.8 Å². The number of hydrogen-bond donors (Lipinski definition) is 2. The number of rotatable bonds is 3. The van der Waals surface area contributed by atoms with Crippen molar-refractivity contribution in [2.45, 2.75) is 64.1 Å². The first-order chi connectivity index (χ1) is 12.2. The number of aliphatic hydroxyl groups excluding tert-OH is 1. The maximum absolute atomic E-state index is 12.5. The molecule has 1 aromatic rings. The maximum Gasteiger partial charge on any atom is 0.437 e.